The number of methoxy groups -OCH3 is 1. The van der Waals surface area contributed by atoms with E-state index in [9.17, 15) is 14.4 Å². The van der Waals surface area contributed by atoms with E-state index in [4.69, 9.17) is 10.8 Å². The molecule has 0 fully saturated rings. The summed E-state index contributed by atoms with van der Waals surface area (Å²) in [5, 5.41) is 10.7. The third-order valence-corrected chi connectivity index (χ3v) is 1.59. The lowest BCUT2D eigenvalue weighted by Gasteiger charge is -2.15. The molecule has 7 heteroatoms. The maximum atomic E-state index is 11.1. The molecule has 86 valence electrons. The number of hydrogen-bond donors (Lipinski definition) is 3. The maximum Gasteiger partial charge on any atom is 0.328 e. The van der Waals surface area contributed by atoms with Gasteiger partial charge in [0.25, 0.3) is 0 Å². The van der Waals surface area contributed by atoms with Crippen LogP contribution >= 0.6 is 0 Å². The second-order valence-corrected chi connectivity index (χ2v) is 2.97. The van der Waals surface area contributed by atoms with Crippen LogP contribution in [-0.2, 0) is 19.1 Å². The van der Waals surface area contributed by atoms with Gasteiger partial charge in [0, 0.05) is 0 Å². The largest absolute Gasteiger partial charge is 0.481 e. The molecule has 0 heterocycles. The first kappa shape index (κ1) is 13.4. The van der Waals surface area contributed by atoms with E-state index in [1.165, 1.54) is 6.92 Å². The van der Waals surface area contributed by atoms with Gasteiger partial charge in [-0.15, -0.1) is 0 Å². The molecule has 15 heavy (non-hydrogen) atoms. The molecule has 2 atom stereocenters. The molecular formula is C8H14N2O5. The maximum absolute atomic E-state index is 11.1. The van der Waals surface area contributed by atoms with Crippen molar-refractivity contribution in [2.45, 2.75) is 25.4 Å². The van der Waals surface area contributed by atoms with Crippen molar-refractivity contribution < 1.29 is 24.2 Å². The number of carbonyl (C=O) groups is 3. The highest BCUT2D eigenvalue weighted by atomic mass is 16.5. The minimum Gasteiger partial charge on any atom is -0.481 e. The Morgan fingerprint density at radius 3 is 2.33 bits per heavy atom. The molecule has 0 aromatic carbocycles. The van der Waals surface area contributed by atoms with Crippen molar-refractivity contribution in [3.63, 3.8) is 0 Å². The van der Waals surface area contributed by atoms with Gasteiger partial charge in [-0.3, -0.25) is 9.59 Å². The van der Waals surface area contributed by atoms with E-state index in [2.05, 4.69) is 10.1 Å². The summed E-state index contributed by atoms with van der Waals surface area (Å²) in [4.78, 5) is 32.6. The molecule has 4 N–H and O–H groups in total. The van der Waals surface area contributed by atoms with Gasteiger partial charge < -0.3 is 20.9 Å². The van der Waals surface area contributed by atoms with E-state index in [1.54, 1.807) is 0 Å². The van der Waals surface area contributed by atoms with E-state index in [0.29, 0.717) is 0 Å². The Morgan fingerprint density at radius 1 is 1.47 bits per heavy atom. The van der Waals surface area contributed by atoms with Gasteiger partial charge in [-0.2, -0.15) is 0 Å². The first-order valence-electron chi connectivity index (χ1n) is 4.24. The molecular weight excluding hydrogens is 204 g/mol. The van der Waals surface area contributed by atoms with Crippen LogP contribution in [0, 0.1) is 0 Å². The second-order valence-electron chi connectivity index (χ2n) is 2.97. The van der Waals surface area contributed by atoms with Crippen molar-refractivity contribution in [1.82, 2.24) is 5.32 Å². The van der Waals surface area contributed by atoms with Crippen LogP contribution in [0.4, 0.5) is 0 Å². The molecule has 0 saturated heterocycles. The summed E-state index contributed by atoms with van der Waals surface area (Å²) >= 11 is 0. The molecule has 0 aromatic rings. The Kier molecular flexibility index (Phi) is 5.32. The normalized spacial score (nSPS) is 13.8. The zero-order chi connectivity index (χ0) is 12.0. The van der Waals surface area contributed by atoms with Gasteiger partial charge in [0.1, 0.15) is 6.04 Å². The molecule has 1 amide bonds. The molecule has 0 radical (unpaired) electrons. The van der Waals surface area contributed by atoms with Crippen molar-refractivity contribution in [3.05, 3.63) is 0 Å². The quantitative estimate of drug-likeness (QED) is 0.481. The van der Waals surface area contributed by atoms with Crippen LogP contribution < -0.4 is 11.1 Å². The van der Waals surface area contributed by atoms with Crippen molar-refractivity contribution in [2.75, 3.05) is 7.11 Å². The standard InChI is InChI=1S/C8H14N2O5/c1-4(9)7(13)10-5(3-6(11)12)8(14)15-2/h4-5H,3,9H2,1-2H3,(H,10,13)(H,11,12)/t4-,5?/m0/s1. The minimum atomic E-state index is -1.21. The predicted molar refractivity (Wildman–Crippen MR) is 49.8 cm³/mol. The van der Waals surface area contributed by atoms with E-state index in [-0.39, 0.29) is 0 Å². The van der Waals surface area contributed by atoms with Gasteiger partial charge in [-0.05, 0) is 6.92 Å². The van der Waals surface area contributed by atoms with Crippen LogP contribution in [0.5, 0.6) is 0 Å². The Labute approximate surface area is 86.6 Å². The number of ether oxygens (including phenoxy) is 1. The number of carboxylic acids is 1. The van der Waals surface area contributed by atoms with Gasteiger partial charge in [-0.25, -0.2) is 4.79 Å². The summed E-state index contributed by atoms with van der Waals surface area (Å²) in [7, 11) is 1.11. The monoisotopic (exact) mass is 218 g/mol. The lowest BCUT2D eigenvalue weighted by Crippen LogP contribution is -2.48. The summed E-state index contributed by atoms with van der Waals surface area (Å²) in [6.07, 6.45) is -0.537. The first-order valence-corrected chi connectivity index (χ1v) is 4.24. The van der Waals surface area contributed by atoms with Gasteiger partial charge >= 0.3 is 11.9 Å². The van der Waals surface area contributed by atoms with Crippen molar-refractivity contribution in [2.24, 2.45) is 5.73 Å². The number of carboxylic acid groups (broad SMARTS) is 1. The fraction of sp³-hybridized carbons (Fsp3) is 0.625. The summed E-state index contributed by atoms with van der Waals surface area (Å²) in [6, 6.07) is -2.02. The number of hydrogen-bond acceptors (Lipinski definition) is 5. The van der Waals surface area contributed by atoms with E-state index in [0.717, 1.165) is 7.11 Å². The van der Waals surface area contributed by atoms with Crippen molar-refractivity contribution in [1.29, 1.82) is 0 Å². The fourth-order valence-corrected chi connectivity index (χ4v) is 0.813. The van der Waals surface area contributed by atoms with Crippen LogP contribution in [0.2, 0.25) is 0 Å². The van der Waals surface area contributed by atoms with Crippen LogP contribution in [0.25, 0.3) is 0 Å². The lowest BCUT2D eigenvalue weighted by molar-refractivity contribution is -0.149. The molecule has 0 aliphatic rings. The number of nitrogens with two attached hydrogens (primary N) is 1. The molecule has 0 aromatic heterocycles. The van der Waals surface area contributed by atoms with Crippen molar-refractivity contribution >= 4 is 17.8 Å². The number of carbonyl (C=O) groups excluding carboxylic acids is 2. The number of esters is 1. The van der Waals surface area contributed by atoms with Crippen molar-refractivity contribution in [3.8, 4) is 0 Å². The van der Waals surface area contributed by atoms with Gasteiger partial charge in [0.15, 0.2) is 0 Å². The molecule has 0 aliphatic heterocycles. The molecule has 0 bridgehead atoms. The van der Waals surface area contributed by atoms with Gasteiger partial charge in [0.05, 0.1) is 19.6 Å². The van der Waals surface area contributed by atoms with Crippen LogP contribution in [0.1, 0.15) is 13.3 Å². The molecule has 0 spiro atoms. The van der Waals surface area contributed by atoms with Crippen LogP contribution in [0.3, 0.4) is 0 Å². The number of amides is 1. The SMILES string of the molecule is COC(=O)C(CC(=O)O)NC(=O)[C@H](C)N. The number of nitrogens with one attached hydrogen (secondary N) is 1. The topological polar surface area (TPSA) is 119 Å². The summed E-state index contributed by atoms with van der Waals surface area (Å²) < 4.78 is 4.34. The zero-order valence-corrected chi connectivity index (χ0v) is 8.52. The molecule has 7 nitrogen and oxygen atoms in total. The van der Waals surface area contributed by atoms with E-state index >= 15 is 0 Å². The highest BCUT2D eigenvalue weighted by Gasteiger charge is 2.25. The Bertz CT molecular complexity index is 264. The molecule has 0 saturated carbocycles. The molecule has 1 unspecified atom stereocenters. The third kappa shape index (κ3) is 4.96. The van der Waals surface area contributed by atoms with Crippen LogP contribution in [-0.4, -0.2) is 42.1 Å². The van der Waals surface area contributed by atoms with E-state index < -0.39 is 36.4 Å². The highest BCUT2D eigenvalue weighted by molar-refractivity contribution is 5.89. The minimum absolute atomic E-state index is 0.537. The summed E-state index contributed by atoms with van der Waals surface area (Å²) in [5.41, 5.74) is 5.25. The van der Waals surface area contributed by atoms with Gasteiger partial charge in [0.2, 0.25) is 5.91 Å². The average Bonchev–Trinajstić information content (AvgIpc) is 2.14. The Morgan fingerprint density at radius 2 is 2.00 bits per heavy atom. The van der Waals surface area contributed by atoms with Gasteiger partial charge in [-0.1, -0.05) is 0 Å². The van der Waals surface area contributed by atoms with Crippen LogP contribution in [0.15, 0.2) is 0 Å². The summed E-state index contributed by atoms with van der Waals surface area (Å²) in [6.45, 7) is 1.42. The summed E-state index contributed by atoms with van der Waals surface area (Å²) in [5.74, 6) is -2.63. The number of rotatable bonds is 5. The smallest absolute Gasteiger partial charge is 0.328 e. The fourth-order valence-electron chi connectivity index (χ4n) is 0.813. The van der Waals surface area contributed by atoms with E-state index in [1.807, 2.05) is 0 Å². The Balaban J connectivity index is 4.44. The highest BCUT2D eigenvalue weighted by Crippen LogP contribution is 1.96. The second kappa shape index (κ2) is 5.97. The first-order chi connectivity index (χ1) is 6.88. The molecule has 0 rings (SSSR count). The lowest BCUT2D eigenvalue weighted by atomic mass is 10.2. The average molecular weight is 218 g/mol. The third-order valence-electron chi connectivity index (χ3n) is 1.59. The number of aliphatic carboxylic acids is 1. The predicted octanol–water partition coefficient (Wildman–Crippen LogP) is -1.53. The molecule has 0 aliphatic carbocycles. The Hall–Kier alpha value is -1.63. The zero-order valence-electron chi connectivity index (χ0n) is 8.52.